The summed E-state index contributed by atoms with van der Waals surface area (Å²) in [5.74, 6) is -1.10. The van der Waals surface area contributed by atoms with Gasteiger partial charge in [-0.25, -0.2) is 29.3 Å². The first-order valence-corrected chi connectivity index (χ1v) is 8.27. The molecule has 10 nitrogen and oxygen atoms in total. The highest BCUT2D eigenvalue weighted by Gasteiger charge is 2.32. The Morgan fingerprint density at radius 1 is 1.55 bits per heavy atom. The van der Waals surface area contributed by atoms with E-state index >= 15 is 0 Å². The summed E-state index contributed by atoms with van der Waals surface area (Å²) in [4.78, 5) is 29.8. The Hall–Kier alpha value is -1.69. The molecule has 0 aromatic heterocycles. The molecule has 5 N–H and O–H groups in total. The molecule has 0 fully saturated rings. The maximum atomic E-state index is 12.2. The average Bonchev–Trinajstić information content (AvgIpc) is 2.63. The third-order valence-electron chi connectivity index (χ3n) is 3.06. The molecule has 126 valence electrons. The molecule has 22 heavy (non-hydrogen) atoms. The maximum Gasteiger partial charge on any atom is 0.342 e. The van der Waals surface area contributed by atoms with Crippen molar-refractivity contribution in [1.82, 2.24) is 15.9 Å². The van der Waals surface area contributed by atoms with E-state index in [1.807, 2.05) is 6.08 Å². The smallest absolute Gasteiger partial charge is 0.307 e. The van der Waals surface area contributed by atoms with Crippen molar-refractivity contribution in [2.75, 3.05) is 18.9 Å². The minimum absolute atomic E-state index is 0.273. The Morgan fingerprint density at radius 3 is 2.82 bits per heavy atom. The van der Waals surface area contributed by atoms with Crippen LogP contribution in [0.4, 0.5) is 4.79 Å². The lowest BCUT2D eigenvalue weighted by Gasteiger charge is -2.29. The van der Waals surface area contributed by atoms with Gasteiger partial charge in [-0.15, -0.1) is 0 Å². The number of hydrogen-bond acceptors (Lipinski definition) is 6. The second-order valence-corrected chi connectivity index (χ2v) is 6.52. The number of allylic oxidation sites excluding steroid dienone is 1. The highest BCUT2D eigenvalue weighted by Crippen LogP contribution is 2.17. The van der Waals surface area contributed by atoms with Gasteiger partial charge in [0.15, 0.2) is 0 Å². The van der Waals surface area contributed by atoms with Crippen LogP contribution in [0.5, 0.6) is 0 Å². The van der Waals surface area contributed by atoms with E-state index in [0.717, 1.165) is 4.90 Å². The molecular formula is C11H20N4O6S. The van der Waals surface area contributed by atoms with E-state index in [2.05, 4.69) is 5.48 Å². The monoisotopic (exact) mass is 336 g/mol. The number of nitrogens with two attached hydrogens (primary N) is 1. The number of hydrogen-bond donors (Lipinski definition) is 4. The summed E-state index contributed by atoms with van der Waals surface area (Å²) in [7, 11) is -3.69. The minimum atomic E-state index is -3.69. The number of primary sulfonamides is 1. The van der Waals surface area contributed by atoms with E-state index in [0.29, 0.717) is 18.4 Å². The van der Waals surface area contributed by atoms with Crippen LogP contribution in [0.15, 0.2) is 11.6 Å². The number of sulfonamides is 1. The SMILES string of the molecule is CC1=CCCCN(C(=O)NO)[C@@H]1C(=O)NOCCS(N)(=O)=O. The van der Waals surface area contributed by atoms with Crippen LogP contribution in [0.3, 0.4) is 0 Å². The van der Waals surface area contributed by atoms with E-state index in [1.165, 1.54) is 5.48 Å². The lowest BCUT2D eigenvalue weighted by atomic mass is 10.1. The van der Waals surface area contributed by atoms with Gasteiger partial charge in [0.2, 0.25) is 10.0 Å². The first kappa shape index (κ1) is 18.4. The summed E-state index contributed by atoms with van der Waals surface area (Å²) in [5.41, 5.74) is 4.21. The molecule has 1 atom stereocenters. The zero-order chi connectivity index (χ0) is 16.8. The highest BCUT2D eigenvalue weighted by molar-refractivity contribution is 7.89. The molecule has 11 heteroatoms. The van der Waals surface area contributed by atoms with Crippen LogP contribution in [0, 0.1) is 0 Å². The summed E-state index contributed by atoms with van der Waals surface area (Å²) in [6.07, 6.45) is 3.15. The predicted octanol–water partition coefficient (Wildman–Crippen LogP) is -1.17. The van der Waals surface area contributed by atoms with Crippen LogP contribution in [-0.2, 0) is 19.7 Å². The van der Waals surface area contributed by atoms with Crippen molar-refractivity contribution < 1.29 is 28.1 Å². The fourth-order valence-corrected chi connectivity index (χ4v) is 2.36. The first-order valence-electron chi connectivity index (χ1n) is 6.55. The Labute approximate surface area is 128 Å². The van der Waals surface area contributed by atoms with Gasteiger partial charge in [-0.05, 0) is 25.3 Å². The Morgan fingerprint density at radius 2 is 2.23 bits per heavy atom. The molecule has 1 rings (SSSR count). The fraction of sp³-hybridized carbons (Fsp3) is 0.636. The third kappa shape index (κ3) is 5.60. The van der Waals surface area contributed by atoms with Gasteiger partial charge in [0.1, 0.15) is 6.04 Å². The fourth-order valence-electron chi connectivity index (χ4n) is 2.05. The number of nitrogens with zero attached hydrogens (tertiary/aromatic N) is 1. The van der Waals surface area contributed by atoms with Gasteiger partial charge < -0.3 is 4.90 Å². The zero-order valence-electron chi connectivity index (χ0n) is 12.1. The van der Waals surface area contributed by atoms with Crippen LogP contribution in [0.2, 0.25) is 0 Å². The topological polar surface area (TPSA) is 151 Å². The van der Waals surface area contributed by atoms with E-state index < -0.39 is 33.8 Å². The highest BCUT2D eigenvalue weighted by atomic mass is 32.2. The molecule has 0 aromatic carbocycles. The number of rotatable bonds is 5. The van der Waals surface area contributed by atoms with Crippen LogP contribution in [-0.4, -0.2) is 55.4 Å². The van der Waals surface area contributed by atoms with Gasteiger partial charge in [0, 0.05) is 6.54 Å². The molecule has 0 spiro atoms. The lowest BCUT2D eigenvalue weighted by Crippen LogP contribution is -2.52. The Balaban J connectivity index is 2.70. The summed E-state index contributed by atoms with van der Waals surface area (Å²) >= 11 is 0. The summed E-state index contributed by atoms with van der Waals surface area (Å²) in [6.45, 7) is 1.64. The summed E-state index contributed by atoms with van der Waals surface area (Å²) in [5, 5.41) is 13.6. The van der Waals surface area contributed by atoms with Crippen LogP contribution < -0.4 is 16.1 Å². The number of amides is 3. The van der Waals surface area contributed by atoms with Crippen molar-refractivity contribution in [3.05, 3.63) is 11.6 Å². The van der Waals surface area contributed by atoms with E-state index in [-0.39, 0.29) is 13.2 Å². The quantitative estimate of drug-likeness (QED) is 0.215. The molecule has 3 amide bonds. The van der Waals surface area contributed by atoms with E-state index in [4.69, 9.17) is 15.2 Å². The molecule has 0 unspecified atom stereocenters. The largest absolute Gasteiger partial charge is 0.342 e. The molecule has 0 saturated carbocycles. The van der Waals surface area contributed by atoms with Crippen molar-refractivity contribution in [2.24, 2.45) is 5.14 Å². The second kappa shape index (κ2) is 8.08. The Bertz CT molecular complexity index is 547. The number of carbonyl (C=O) groups is 2. The summed E-state index contributed by atoms with van der Waals surface area (Å²) in [6, 6.07) is -1.76. The molecule has 0 radical (unpaired) electrons. The molecule has 0 aromatic rings. The van der Waals surface area contributed by atoms with Gasteiger partial charge in [-0.3, -0.25) is 14.8 Å². The van der Waals surface area contributed by atoms with Crippen LogP contribution in [0.1, 0.15) is 19.8 Å². The lowest BCUT2D eigenvalue weighted by molar-refractivity contribution is -0.136. The molecule has 0 saturated heterocycles. The predicted molar refractivity (Wildman–Crippen MR) is 75.9 cm³/mol. The number of nitrogens with one attached hydrogen (secondary N) is 2. The van der Waals surface area contributed by atoms with Crippen molar-refractivity contribution in [3.63, 3.8) is 0 Å². The van der Waals surface area contributed by atoms with Gasteiger partial charge >= 0.3 is 6.03 Å². The minimum Gasteiger partial charge on any atom is -0.307 e. The first-order chi connectivity index (χ1) is 10.3. The van der Waals surface area contributed by atoms with E-state index in [1.54, 1.807) is 6.92 Å². The zero-order valence-corrected chi connectivity index (χ0v) is 12.9. The standard InChI is InChI=1S/C11H20N4O6S/c1-8-4-2-3-5-15(11(17)13-18)9(8)10(16)14-21-6-7-22(12,19)20/h4,9,18H,2-3,5-7H2,1H3,(H,13,17)(H,14,16)(H2,12,19,20)/t9-/m0/s1. The molecule has 0 bridgehead atoms. The second-order valence-electron chi connectivity index (χ2n) is 4.79. The van der Waals surface area contributed by atoms with Gasteiger partial charge in [-0.1, -0.05) is 6.08 Å². The van der Waals surface area contributed by atoms with Crippen LogP contribution in [0.25, 0.3) is 0 Å². The van der Waals surface area contributed by atoms with Crippen molar-refractivity contribution >= 4 is 22.0 Å². The van der Waals surface area contributed by atoms with Crippen molar-refractivity contribution in [1.29, 1.82) is 0 Å². The van der Waals surface area contributed by atoms with Crippen molar-refractivity contribution in [3.8, 4) is 0 Å². The third-order valence-corrected chi connectivity index (χ3v) is 3.80. The molecule has 1 aliphatic rings. The molecule has 1 aliphatic heterocycles. The number of urea groups is 1. The summed E-state index contributed by atoms with van der Waals surface area (Å²) < 4.78 is 21.5. The Kier molecular flexibility index (Phi) is 6.74. The normalized spacial score (nSPS) is 19.1. The van der Waals surface area contributed by atoms with Crippen molar-refractivity contribution in [2.45, 2.75) is 25.8 Å². The van der Waals surface area contributed by atoms with Crippen LogP contribution >= 0.6 is 0 Å². The number of hydroxylamine groups is 2. The van der Waals surface area contributed by atoms with Gasteiger partial charge in [0.25, 0.3) is 5.91 Å². The molecule has 1 heterocycles. The average molecular weight is 336 g/mol. The maximum absolute atomic E-state index is 12.2. The molecular weight excluding hydrogens is 316 g/mol. The molecule has 0 aliphatic carbocycles. The van der Waals surface area contributed by atoms with E-state index in [9.17, 15) is 18.0 Å². The van der Waals surface area contributed by atoms with Gasteiger partial charge in [0.05, 0.1) is 12.4 Å². The van der Waals surface area contributed by atoms with Gasteiger partial charge in [-0.2, -0.15) is 0 Å². The number of carbonyl (C=O) groups excluding carboxylic acids is 2.